The van der Waals surface area contributed by atoms with Gasteiger partial charge in [0.05, 0.1) is 6.04 Å². The summed E-state index contributed by atoms with van der Waals surface area (Å²) in [7, 11) is 0. The van der Waals surface area contributed by atoms with E-state index >= 15 is 0 Å². The smallest absolute Gasteiger partial charge is 0.251 e. The number of nitrogens with zero attached hydrogens (tertiary/aromatic N) is 2. The highest BCUT2D eigenvalue weighted by atomic mass is 35.5. The van der Waals surface area contributed by atoms with Crippen LogP contribution in [0, 0.1) is 5.92 Å². The molecular weight excluding hydrogens is 440 g/mol. The monoisotopic (exact) mass is 468 g/mol. The summed E-state index contributed by atoms with van der Waals surface area (Å²) in [4.78, 5) is 41.4. The molecule has 2 heterocycles. The van der Waals surface area contributed by atoms with Gasteiger partial charge in [-0.05, 0) is 75.3 Å². The molecule has 0 spiro atoms. The number of rotatable bonds is 7. The zero-order chi connectivity index (χ0) is 23.4. The third-order valence-electron chi connectivity index (χ3n) is 6.36. The Labute approximate surface area is 199 Å². The second-order valence-electron chi connectivity index (χ2n) is 8.75. The Kier molecular flexibility index (Phi) is 7.30. The van der Waals surface area contributed by atoms with Crippen LogP contribution in [0.5, 0.6) is 0 Å². The summed E-state index contributed by atoms with van der Waals surface area (Å²) in [6.07, 6.45) is 2.66. The Balaban J connectivity index is 1.29. The molecule has 0 aromatic heterocycles. The first-order valence-electron chi connectivity index (χ1n) is 11.4. The Morgan fingerprint density at radius 1 is 1.12 bits per heavy atom. The van der Waals surface area contributed by atoms with E-state index in [1.807, 2.05) is 31.2 Å². The number of likely N-dealkylation sites (tertiary alicyclic amines) is 1. The van der Waals surface area contributed by atoms with Crippen LogP contribution in [-0.2, 0) is 9.59 Å². The van der Waals surface area contributed by atoms with Gasteiger partial charge in [-0.2, -0.15) is 0 Å². The molecule has 2 N–H and O–H groups in total. The average Bonchev–Trinajstić information content (AvgIpc) is 3.47. The van der Waals surface area contributed by atoms with Crippen molar-refractivity contribution < 1.29 is 14.4 Å². The molecule has 3 amide bonds. The lowest BCUT2D eigenvalue weighted by molar-refractivity contribution is -0.120. The summed E-state index contributed by atoms with van der Waals surface area (Å²) in [5.41, 5.74) is 2.00. The van der Waals surface area contributed by atoms with E-state index in [9.17, 15) is 14.4 Å². The van der Waals surface area contributed by atoms with Crippen molar-refractivity contribution in [3.8, 4) is 0 Å². The topological polar surface area (TPSA) is 81.8 Å². The second kappa shape index (κ2) is 10.4. The number of benzene rings is 2. The molecular formula is C25H29ClN4O3. The zero-order valence-electron chi connectivity index (χ0n) is 18.7. The van der Waals surface area contributed by atoms with Gasteiger partial charge in [0.2, 0.25) is 11.8 Å². The van der Waals surface area contributed by atoms with Crippen LogP contribution in [0.3, 0.4) is 0 Å². The number of halogens is 1. The van der Waals surface area contributed by atoms with Gasteiger partial charge in [-0.3, -0.25) is 19.3 Å². The van der Waals surface area contributed by atoms with Crippen LogP contribution < -0.4 is 15.5 Å². The zero-order valence-corrected chi connectivity index (χ0v) is 19.5. The SMILES string of the molecule is CC(C(=O)Nc1ccc(N2CC(CNC(=O)c3cccc(Cl)c3)CC2=O)cc1)N1CCCC1. The largest absolute Gasteiger partial charge is 0.352 e. The van der Waals surface area contributed by atoms with E-state index in [1.165, 1.54) is 0 Å². The highest BCUT2D eigenvalue weighted by Crippen LogP contribution is 2.26. The molecule has 0 aliphatic carbocycles. The van der Waals surface area contributed by atoms with Crippen LogP contribution in [-0.4, -0.2) is 54.8 Å². The van der Waals surface area contributed by atoms with Crippen LogP contribution >= 0.6 is 11.6 Å². The van der Waals surface area contributed by atoms with Crippen LogP contribution in [0.2, 0.25) is 5.02 Å². The predicted octanol–water partition coefficient (Wildman–Crippen LogP) is 3.55. The van der Waals surface area contributed by atoms with Gasteiger partial charge in [-0.15, -0.1) is 0 Å². The number of carbonyl (C=O) groups excluding carboxylic acids is 3. The molecule has 2 aromatic carbocycles. The van der Waals surface area contributed by atoms with Crippen molar-refractivity contribution in [1.29, 1.82) is 0 Å². The van der Waals surface area contributed by atoms with Crippen LogP contribution in [0.4, 0.5) is 11.4 Å². The quantitative estimate of drug-likeness (QED) is 0.651. The van der Waals surface area contributed by atoms with Crippen LogP contribution in [0.25, 0.3) is 0 Å². The minimum atomic E-state index is -0.202. The van der Waals surface area contributed by atoms with Gasteiger partial charge in [0, 0.05) is 47.4 Å². The highest BCUT2D eigenvalue weighted by molar-refractivity contribution is 6.30. The summed E-state index contributed by atoms with van der Waals surface area (Å²) in [6.45, 7) is 4.81. The Morgan fingerprint density at radius 3 is 2.55 bits per heavy atom. The Bertz CT molecular complexity index is 1020. The maximum Gasteiger partial charge on any atom is 0.251 e. The fraction of sp³-hybridized carbons (Fsp3) is 0.400. The Hall–Kier alpha value is -2.90. The molecule has 0 saturated carbocycles. The molecule has 174 valence electrons. The molecule has 7 nitrogen and oxygen atoms in total. The van der Waals surface area contributed by atoms with Gasteiger partial charge in [0.15, 0.2) is 0 Å². The molecule has 4 rings (SSSR count). The molecule has 2 fully saturated rings. The molecule has 2 aromatic rings. The van der Waals surface area contributed by atoms with Crippen molar-refractivity contribution in [2.45, 2.75) is 32.2 Å². The summed E-state index contributed by atoms with van der Waals surface area (Å²) < 4.78 is 0. The molecule has 2 saturated heterocycles. The number of amides is 3. The van der Waals surface area contributed by atoms with Crippen molar-refractivity contribution >= 4 is 40.7 Å². The second-order valence-corrected chi connectivity index (χ2v) is 9.19. The molecule has 2 aliphatic heterocycles. The molecule has 8 heteroatoms. The van der Waals surface area contributed by atoms with E-state index < -0.39 is 0 Å². The number of nitrogens with one attached hydrogen (secondary N) is 2. The summed E-state index contributed by atoms with van der Waals surface area (Å²) >= 11 is 5.95. The van der Waals surface area contributed by atoms with Crippen molar-refractivity contribution in [3.05, 3.63) is 59.1 Å². The standard InChI is InChI=1S/C25H29ClN4O3/c1-17(29-11-2-3-12-29)24(32)28-21-7-9-22(10-8-21)30-16-18(13-23(30)31)15-27-25(33)19-5-4-6-20(26)14-19/h4-10,14,17-18H,2-3,11-13,15-16H2,1H3,(H,27,33)(H,28,32). The van der Waals surface area contributed by atoms with Crippen LogP contribution in [0.1, 0.15) is 36.5 Å². The van der Waals surface area contributed by atoms with Crippen molar-refractivity contribution in [2.75, 3.05) is 36.4 Å². The van der Waals surface area contributed by atoms with Gasteiger partial charge in [0.25, 0.3) is 5.91 Å². The van der Waals surface area contributed by atoms with Crippen molar-refractivity contribution in [2.24, 2.45) is 5.92 Å². The maximum absolute atomic E-state index is 12.6. The molecule has 2 unspecified atom stereocenters. The summed E-state index contributed by atoms with van der Waals surface area (Å²) in [6, 6.07) is 14.0. The molecule has 0 radical (unpaired) electrons. The van der Waals surface area contributed by atoms with Gasteiger partial charge < -0.3 is 15.5 Å². The van der Waals surface area contributed by atoms with Gasteiger partial charge >= 0.3 is 0 Å². The van der Waals surface area contributed by atoms with Gasteiger partial charge in [0.1, 0.15) is 0 Å². The fourth-order valence-corrected chi connectivity index (χ4v) is 4.59. The number of hydrogen-bond acceptors (Lipinski definition) is 4. The van der Waals surface area contributed by atoms with Crippen molar-refractivity contribution in [3.63, 3.8) is 0 Å². The number of carbonyl (C=O) groups is 3. The third-order valence-corrected chi connectivity index (χ3v) is 6.59. The summed E-state index contributed by atoms with van der Waals surface area (Å²) in [5.74, 6) is -0.165. The lowest BCUT2D eigenvalue weighted by atomic mass is 10.1. The maximum atomic E-state index is 12.6. The predicted molar refractivity (Wildman–Crippen MR) is 130 cm³/mol. The normalized spacial score (nSPS) is 19.5. The number of anilines is 2. The first-order chi connectivity index (χ1) is 15.9. The van der Waals surface area contributed by atoms with E-state index in [0.717, 1.165) is 31.6 Å². The van der Waals surface area contributed by atoms with E-state index in [0.29, 0.717) is 35.8 Å². The first-order valence-corrected chi connectivity index (χ1v) is 11.8. The molecule has 2 aliphatic rings. The first kappa shape index (κ1) is 23.3. The molecule has 33 heavy (non-hydrogen) atoms. The molecule has 2 atom stereocenters. The van der Waals surface area contributed by atoms with E-state index in [1.54, 1.807) is 29.2 Å². The van der Waals surface area contributed by atoms with Crippen LogP contribution in [0.15, 0.2) is 48.5 Å². The van der Waals surface area contributed by atoms with Crippen molar-refractivity contribution in [1.82, 2.24) is 10.2 Å². The third kappa shape index (κ3) is 5.72. The van der Waals surface area contributed by atoms with E-state index in [-0.39, 0.29) is 29.7 Å². The van der Waals surface area contributed by atoms with Gasteiger partial charge in [-0.25, -0.2) is 0 Å². The minimum absolute atomic E-state index is 0.0163. The highest BCUT2D eigenvalue weighted by Gasteiger charge is 2.31. The minimum Gasteiger partial charge on any atom is -0.352 e. The van der Waals surface area contributed by atoms with E-state index in [2.05, 4.69) is 15.5 Å². The lowest BCUT2D eigenvalue weighted by Gasteiger charge is -2.23. The average molecular weight is 469 g/mol. The van der Waals surface area contributed by atoms with E-state index in [4.69, 9.17) is 11.6 Å². The lowest BCUT2D eigenvalue weighted by Crippen LogP contribution is -2.40. The Morgan fingerprint density at radius 2 is 1.85 bits per heavy atom. The fourth-order valence-electron chi connectivity index (χ4n) is 4.40. The number of hydrogen-bond donors (Lipinski definition) is 2. The summed E-state index contributed by atoms with van der Waals surface area (Å²) in [5, 5.41) is 6.37. The molecule has 0 bridgehead atoms. The van der Waals surface area contributed by atoms with Gasteiger partial charge in [-0.1, -0.05) is 17.7 Å².